The normalized spacial score (nSPS) is 19.0. The highest BCUT2D eigenvalue weighted by atomic mass is 16.5. The van der Waals surface area contributed by atoms with E-state index in [0.717, 1.165) is 12.8 Å². The summed E-state index contributed by atoms with van der Waals surface area (Å²) in [7, 11) is 0. The molecule has 1 rings (SSSR count). The van der Waals surface area contributed by atoms with Crippen molar-refractivity contribution < 1.29 is 4.74 Å². The van der Waals surface area contributed by atoms with Crippen molar-refractivity contribution in [3.05, 3.63) is 23.8 Å². The zero-order valence-electron chi connectivity index (χ0n) is 7.62. The molecule has 12 heavy (non-hydrogen) atoms. The van der Waals surface area contributed by atoms with Crippen LogP contribution in [0.4, 0.5) is 0 Å². The summed E-state index contributed by atoms with van der Waals surface area (Å²) in [6, 6.07) is 0.137. The third-order valence-electron chi connectivity index (χ3n) is 1.72. The van der Waals surface area contributed by atoms with E-state index in [0.29, 0.717) is 13.2 Å². The Hall–Kier alpha value is -0.600. The van der Waals surface area contributed by atoms with E-state index in [9.17, 15) is 0 Å². The van der Waals surface area contributed by atoms with Crippen molar-refractivity contribution in [2.24, 2.45) is 5.73 Å². The molecule has 1 unspecified atom stereocenters. The minimum atomic E-state index is 0.137. The zero-order valence-corrected chi connectivity index (χ0v) is 7.62. The predicted molar refractivity (Wildman–Crippen MR) is 50.9 cm³/mol. The standard InChI is InChI=1S/C10H17NO/c1-9(11)7-12-8-10-5-3-2-4-6-10/h3,5-6,9H,2,4,7-8,11H2,1H3. The van der Waals surface area contributed by atoms with E-state index in [4.69, 9.17) is 10.5 Å². The molecule has 68 valence electrons. The van der Waals surface area contributed by atoms with Gasteiger partial charge in [0.2, 0.25) is 0 Å². The Kier molecular flexibility index (Phi) is 4.05. The predicted octanol–water partition coefficient (Wildman–Crippen LogP) is 1.63. The third-order valence-corrected chi connectivity index (χ3v) is 1.72. The maximum Gasteiger partial charge on any atom is 0.0714 e. The summed E-state index contributed by atoms with van der Waals surface area (Å²) in [5, 5.41) is 0. The lowest BCUT2D eigenvalue weighted by Crippen LogP contribution is -2.22. The van der Waals surface area contributed by atoms with Gasteiger partial charge in [-0.15, -0.1) is 0 Å². The van der Waals surface area contributed by atoms with Crippen LogP contribution >= 0.6 is 0 Å². The quantitative estimate of drug-likeness (QED) is 0.690. The van der Waals surface area contributed by atoms with Crippen molar-refractivity contribution >= 4 is 0 Å². The Bertz CT molecular complexity index is 182. The first-order valence-electron chi connectivity index (χ1n) is 4.48. The molecule has 1 aliphatic carbocycles. The van der Waals surface area contributed by atoms with Crippen LogP contribution in [-0.2, 0) is 4.74 Å². The van der Waals surface area contributed by atoms with Crippen LogP contribution in [0.5, 0.6) is 0 Å². The Morgan fingerprint density at radius 3 is 3.00 bits per heavy atom. The van der Waals surface area contributed by atoms with Crippen LogP contribution in [0, 0.1) is 0 Å². The molecule has 1 aliphatic rings. The molecule has 0 aromatic carbocycles. The largest absolute Gasteiger partial charge is 0.375 e. The fraction of sp³-hybridized carbons (Fsp3) is 0.600. The Labute approximate surface area is 74.1 Å². The molecular weight excluding hydrogens is 150 g/mol. The average Bonchev–Trinajstić information content (AvgIpc) is 2.05. The van der Waals surface area contributed by atoms with Gasteiger partial charge in [-0.1, -0.05) is 18.2 Å². The van der Waals surface area contributed by atoms with Crippen LogP contribution in [0.25, 0.3) is 0 Å². The first-order valence-corrected chi connectivity index (χ1v) is 4.48. The number of allylic oxidation sites excluding steroid dienone is 2. The molecule has 0 aliphatic heterocycles. The molecular formula is C10H17NO. The average molecular weight is 167 g/mol. The van der Waals surface area contributed by atoms with E-state index in [2.05, 4.69) is 18.2 Å². The molecule has 2 heteroatoms. The van der Waals surface area contributed by atoms with Gasteiger partial charge in [-0.25, -0.2) is 0 Å². The number of hydrogen-bond acceptors (Lipinski definition) is 2. The summed E-state index contributed by atoms with van der Waals surface area (Å²) < 4.78 is 5.39. The number of ether oxygens (including phenoxy) is 1. The van der Waals surface area contributed by atoms with E-state index in [1.807, 2.05) is 6.92 Å². The summed E-state index contributed by atoms with van der Waals surface area (Å²) >= 11 is 0. The third kappa shape index (κ3) is 3.69. The summed E-state index contributed by atoms with van der Waals surface area (Å²) in [6.07, 6.45) is 8.85. The van der Waals surface area contributed by atoms with Gasteiger partial charge < -0.3 is 10.5 Å². The lowest BCUT2D eigenvalue weighted by Gasteiger charge is -2.09. The van der Waals surface area contributed by atoms with Crippen molar-refractivity contribution in [1.29, 1.82) is 0 Å². The molecule has 0 spiro atoms. The van der Waals surface area contributed by atoms with Crippen molar-refractivity contribution in [2.75, 3.05) is 13.2 Å². The van der Waals surface area contributed by atoms with Gasteiger partial charge >= 0.3 is 0 Å². The van der Waals surface area contributed by atoms with Crippen LogP contribution in [-0.4, -0.2) is 19.3 Å². The highest BCUT2D eigenvalue weighted by Gasteiger charge is 1.98. The number of nitrogens with two attached hydrogens (primary N) is 1. The fourth-order valence-corrected chi connectivity index (χ4v) is 1.14. The van der Waals surface area contributed by atoms with Crippen molar-refractivity contribution in [1.82, 2.24) is 0 Å². The van der Waals surface area contributed by atoms with E-state index in [-0.39, 0.29) is 6.04 Å². The van der Waals surface area contributed by atoms with Gasteiger partial charge in [-0.2, -0.15) is 0 Å². The molecule has 0 radical (unpaired) electrons. The van der Waals surface area contributed by atoms with Gasteiger partial charge in [0.05, 0.1) is 13.2 Å². The van der Waals surface area contributed by atoms with Crippen molar-refractivity contribution in [3.63, 3.8) is 0 Å². The topological polar surface area (TPSA) is 35.2 Å². The van der Waals surface area contributed by atoms with Gasteiger partial charge in [-0.3, -0.25) is 0 Å². The molecule has 0 aromatic rings. The van der Waals surface area contributed by atoms with Crippen LogP contribution in [0.15, 0.2) is 23.8 Å². The van der Waals surface area contributed by atoms with Crippen molar-refractivity contribution in [2.45, 2.75) is 25.8 Å². The molecule has 2 nitrogen and oxygen atoms in total. The van der Waals surface area contributed by atoms with E-state index in [1.165, 1.54) is 5.57 Å². The SMILES string of the molecule is CC(N)COCC1=CCCC=C1. The molecule has 0 saturated heterocycles. The second kappa shape index (κ2) is 5.12. The van der Waals surface area contributed by atoms with Gasteiger partial charge in [0.25, 0.3) is 0 Å². The summed E-state index contributed by atoms with van der Waals surface area (Å²) in [5.41, 5.74) is 6.83. The molecule has 0 heterocycles. The zero-order chi connectivity index (χ0) is 8.81. The van der Waals surface area contributed by atoms with Gasteiger partial charge in [0, 0.05) is 6.04 Å². The molecule has 0 saturated carbocycles. The lowest BCUT2D eigenvalue weighted by molar-refractivity contribution is 0.146. The smallest absolute Gasteiger partial charge is 0.0714 e. The van der Waals surface area contributed by atoms with Crippen LogP contribution in [0.1, 0.15) is 19.8 Å². The van der Waals surface area contributed by atoms with Crippen LogP contribution in [0.3, 0.4) is 0 Å². The maximum absolute atomic E-state index is 5.55. The monoisotopic (exact) mass is 167 g/mol. The number of rotatable bonds is 4. The molecule has 0 bridgehead atoms. The minimum Gasteiger partial charge on any atom is -0.375 e. The molecule has 2 N–H and O–H groups in total. The molecule has 1 atom stereocenters. The molecule has 0 amide bonds. The van der Waals surface area contributed by atoms with Crippen LogP contribution < -0.4 is 5.73 Å². The second-order valence-electron chi connectivity index (χ2n) is 3.25. The Morgan fingerprint density at radius 1 is 1.58 bits per heavy atom. The Morgan fingerprint density at radius 2 is 2.42 bits per heavy atom. The highest BCUT2D eigenvalue weighted by molar-refractivity contribution is 5.22. The second-order valence-corrected chi connectivity index (χ2v) is 3.25. The highest BCUT2D eigenvalue weighted by Crippen LogP contribution is 2.09. The van der Waals surface area contributed by atoms with Gasteiger partial charge in [0.15, 0.2) is 0 Å². The van der Waals surface area contributed by atoms with E-state index in [1.54, 1.807) is 0 Å². The first-order chi connectivity index (χ1) is 5.79. The summed E-state index contributed by atoms with van der Waals surface area (Å²) in [6.45, 7) is 3.30. The lowest BCUT2D eigenvalue weighted by atomic mass is 10.1. The first kappa shape index (κ1) is 9.49. The van der Waals surface area contributed by atoms with Crippen LogP contribution in [0.2, 0.25) is 0 Å². The summed E-state index contributed by atoms with van der Waals surface area (Å²) in [4.78, 5) is 0. The van der Waals surface area contributed by atoms with Crippen molar-refractivity contribution in [3.8, 4) is 0 Å². The minimum absolute atomic E-state index is 0.137. The molecule has 0 aromatic heterocycles. The molecule has 0 fully saturated rings. The van der Waals surface area contributed by atoms with E-state index >= 15 is 0 Å². The number of hydrogen-bond donors (Lipinski definition) is 1. The summed E-state index contributed by atoms with van der Waals surface area (Å²) in [5.74, 6) is 0. The fourth-order valence-electron chi connectivity index (χ4n) is 1.14. The van der Waals surface area contributed by atoms with Gasteiger partial charge in [-0.05, 0) is 25.3 Å². The maximum atomic E-state index is 5.55. The van der Waals surface area contributed by atoms with E-state index < -0.39 is 0 Å². The van der Waals surface area contributed by atoms with Gasteiger partial charge in [0.1, 0.15) is 0 Å². The Balaban J connectivity index is 2.14.